The van der Waals surface area contributed by atoms with Crippen LogP contribution in [-0.2, 0) is 9.47 Å². The fourth-order valence-electron chi connectivity index (χ4n) is 2.90. The molecule has 0 aromatic heterocycles. The van der Waals surface area contributed by atoms with Gasteiger partial charge in [-0.05, 0) is 6.07 Å². The second kappa shape index (κ2) is 10.6. The van der Waals surface area contributed by atoms with E-state index in [-0.39, 0.29) is 5.56 Å². The number of ether oxygens (including phenoxy) is 2. The number of carbonyl (C=O) groups excluding carboxylic acids is 4. The molecule has 0 spiro atoms. The molecule has 0 aliphatic heterocycles. The Morgan fingerprint density at radius 1 is 0.667 bits per heavy atom. The molecule has 3 aromatic carbocycles. The van der Waals surface area contributed by atoms with Crippen molar-refractivity contribution in [2.24, 2.45) is 0 Å². The first kappa shape index (κ1) is 23.0. The summed E-state index contributed by atoms with van der Waals surface area (Å²) in [5, 5.41) is 11.4. The minimum absolute atomic E-state index is 0.284. The minimum atomic E-state index is -1.24. The summed E-state index contributed by atoms with van der Waals surface area (Å²) in [6, 6.07) is 19.4. The van der Waals surface area contributed by atoms with Gasteiger partial charge in [0.2, 0.25) is 0 Å². The van der Waals surface area contributed by atoms with E-state index in [1.807, 2.05) is 0 Å². The SMILES string of the molecule is O=C(COC(=O)c1cccc([N+](=O)[O-])c1C(=O)OCC(=O)c1ccccc1)c1ccccc1. The molecule has 0 aliphatic rings. The fourth-order valence-corrected chi connectivity index (χ4v) is 2.90. The summed E-state index contributed by atoms with van der Waals surface area (Å²) < 4.78 is 9.93. The number of benzene rings is 3. The van der Waals surface area contributed by atoms with E-state index in [1.165, 1.54) is 30.3 Å². The standard InChI is InChI=1S/C24H17NO8/c26-20(16-8-3-1-4-9-16)14-32-23(28)18-12-7-13-19(25(30)31)22(18)24(29)33-15-21(27)17-10-5-2-6-11-17/h1-13H,14-15H2. The lowest BCUT2D eigenvalue weighted by Gasteiger charge is -2.10. The van der Waals surface area contributed by atoms with Crippen LogP contribution in [0.1, 0.15) is 41.4 Å². The first-order valence-corrected chi connectivity index (χ1v) is 9.66. The largest absolute Gasteiger partial charge is 0.454 e. The van der Waals surface area contributed by atoms with Crippen LogP contribution in [0.25, 0.3) is 0 Å². The van der Waals surface area contributed by atoms with Crippen molar-refractivity contribution in [1.82, 2.24) is 0 Å². The molecule has 0 amide bonds. The maximum atomic E-state index is 12.6. The lowest BCUT2D eigenvalue weighted by Crippen LogP contribution is -2.20. The van der Waals surface area contributed by atoms with Crippen LogP contribution in [0.2, 0.25) is 0 Å². The predicted molar refractivity (Wildman–Crippen MR) is 115 cm³/mol. The number of rotatable bonds is 9. The Bertz CT molecular complexity index is 1210. The molecule has 3 aromatic rings. The molecule has 9 nitrogen and oxygen atoms in total. The predicted octanol–water partition coefficient (Wildman–Crippen LogP) is 3.67. The molecule has 0 radical (unpaired) electrons. The number of esters is 2. The molecule has 0 atom stereocenters. The number of carbonyl (C=O) groups is 4. The lowest BCUT2D eigenvalue weighted by molar-refractivity contribution is -0.385. The van der Waals surface area contributed by atoms with Crippen molar-refractivity contribution in [3.63, 3.8) is 0 Å². The highest BCUT2D eigenvalue weighted by Crippen LogP contribution is 2.24. The Morgan fingerprint density at radius 3 is 1.64 bits per heavy atom. The zero-order valence-electron chi connectivity index (χ0n) is 17.1. The van der Waals surface area contributed by atoms with Gasteiger partial charge in [-0.25, -0.2) is 9.59 Å². The van der Waals surface area contributed by atoms with Gasteiger partial charge in [0.25, 0.3) is 5.69 Å². The molecule has 166 valence electrons. The van der Waals surface area contributed by atoms with Gasteiger partial charge in [-0.15, -0.1) is 0 Å². The Labute approximate surface area is 187 Å². The second-order valence-corrected chi connectivity index (χ2v) is 6.69. The van der Waals surface area contributed by atoms with E-state index < -0.39 is 58.5 Å². The summed E-state index contributed by atoms with van der Waals surface area (Å²) in [6.07, 6.45) is 0. The van der Waals surface area contributed by atoms with Gasteiger partial charge in [0.1, 0.15) is 0 Å². The number of nitrogens with zero attached hydrogens (tertiary/aromatic N) is 1. The molecule has 9 heteroatoms. The zero-order chi connectivity index (χ0) is 23.8. The minimum Gasteiger partial charge on any atom is -0.454 e. The molecule has 0 N–H and O–H groups in total. The maximum Gasteiger partial charge on any atom is 0.346 e. The number of hydrogen-bond acceptors (Lipinski definition) is 8. The van der Waals surface area contributed by atoms with Crippen LogP contribution >= 0.6 is 0 Å². The average Bonchev–Trinajstić information content (AvgIpc) is 2.85. The Hall–Kier alpha value is -4.66. The van der Waals surface area contributed by atoms with Gasteiger partial charge in [0.05, 0.1) is 10.5 Å². The van der Waals surface area contributed by atoms with Crippen molar-refractivity contribution in [3.8, 4) is 0 Å². The van der Waals surface area contributed by atoms with Crippen LogP contribution in [0.15, 0.2) is 78.9 Å². The van der Waals surface area contributed by atoms with E-state index in [0.29, 0.717) is 5.56 Å². The van der Waals surface area contributed by atoms with Gasteiger partial charge in [-0.1, -0.05) is 66.7 Å². The number of Topliss-reactive ketones (excluding diaryl/α,β-unsaturated/α-hetero) is 2. The first-order valence-electron chi connectivity index (χ1n) is 9.66. The van der Waals surface area contributed by atoms with Crippen molar-refractivity contribution in [2.45, 2.75) is 0 Å². The third-order valence-electron chi connectivity index (χ3n) is 4.52. The van der Waals surface area contributed by atoms with Gasteiger partial charge >= 0.3 is 11.9 Å². The third kappa shape index (κ3) is 5.73. The molecule has 3 rings (SSSR count). The summed E-state index contributed by atoms with van der Waals surface area (Å²) in [5.74, 6) is -3.38. The van der Waals surface area contributed by atoms with Crippen LogP contribution in [-0.4, -0.2) is 41.6 Å². The van der Waals surface area contributed by atoms with E-state index in [0.717, 1.165) is 12.1 Å². The highest BCUT2D eigenvalue weighted by Gasteiger charge is 2.30. The Balaban J connectivity index is 1.78. The molecular weight excluding hydrogens is 430 g/mol. The Morgan fingerprint density at radius 2 is 1.15 bits per heavy atom. The Kier molecular flexibility index (Phi) is 7.38. The number of nitro groups is 1. The molecule has 33 heavy (non-hydrogen) atoms. The average molecular weight is 447 g/mol. The molecule has 0 heterocycles. The van der Waals surface area contributed by atoms with Crippen molar-refractivity contribution < 1.29 is 33.6 Å². The summed E-state index contributed by atoms with van der Waals surface area (Å²) in [5.41, 5.74) is -1.23. The van der Waals surface area contributed by atoms with Crippen LogP contribution < -0.4 is 0 Å². The van der Waals surface area contributed by atoms with Gasteiger partial charge in [0, 0.05) is 17.2 Å². The van der Waals surface area contributed by atoms with Crippen molar-refractivity contribution >= 4 is 29.2 Å². The zero-order valence-corrected chi connectivity index (χ0v) is 17.1. The van der Waals surface area contributed by atoms with Gasteiger partial charge in [0.15, 0.2) is 30.3 Å². The number of nitro benzene ring substituents is 1. The molecule has 0 saturated heterocycles. The molecule has 0 unspecified atom stereocenters. The number of hydrogen-bond donors (Lipinski definition) is 0. The van der Waals surface area contributed by atoms with E-state index in [4.69, 9.17) is 9.47 Å². The number of ketones is 2. The quantitative estimate of drug-likeness (QED) is 0.210. The van der Waals surface area contributed by atoms with E-state index in [9.17, 15) is 29.3 Å². The monoisotopic (exact) mass is 447 g/mol. The molecule has 0 fully saturated rings. The van der Waals surface area contributed by atoms with Crippen LogP contribution in [0.3, 0.4) is 0 Å². The fraction of sp³-hybridized carbons (Fsp3) is 0.0833. The summed E-state index contributed by atoms with van der Waals surface area (Å²) >= 11 is 0. The van der Waals surface area contributed by atoms with Gasteiger partial charge in [-0.2, -0.15) is 0 Å². The lowest BCUT2D eigenvalue weighted by atomic mass is 10.1. The normalized spacial score (nSPS) is 10.2. The van der Waals surface area contributed by atoms with Crippen LogP contribution in [0.4, 0.5) is 5.69 Å². The third-order valence-corrected chi connectivity index (χ3v) is 4.52. The summed E-state index contributed by atoms with van der Waals surface area (Å²) in [4.78, 5) is 60.1. The molecule has 0 aliphatic carbocycles. The summed E-state index contributed by atoms with van der Waals surface area (Å²) in [7, 11) is 0. The van der Waals surface area contributed by atoms with Crippen molar-refractivity contribution in [1.29, 1.82) is 0 Å². The van der Waals surface area contributed by atoms with Crippen molar-refractivity contribution in [2.75, 3.05) is 13.2 Å². The second-order valence-electron chi connectivity index (χ2n) is 6.69. The maximum absolute atomic E-state index is 12.6. The molecule has 0 bridgehead atoms. The summed E-state index contributed by atoms with van der Waals surface area (Å²) in [6.45, 7) is -1.32. The van der Waals surface area contributed by atoms with E-state index in [1.54, 1.807) is 36.4 Å². The van der Waals surface area contributed by atoms with E-state index >= 15 is 0 Å². The van der Waals surface area contributed by atoms with Gasteiger partial charge in [-0.3, -0.25) is 19.7 Å². The van der Waals surface area contributed by atoms with Crippen molar-refractivity contribution in [3.05, 3.63) is 111 Å². The topological polar surface area (TPSA) is 130 Å². The van der Waals surface area contributed by atoms with E-state index in [2.05, 4.69) is 0 Å². The van der Waals surface area contributed by atoms with Crippen LogP contribution in [0.5, 0.6) is 0 Å². The smallest absolute Gasteiger partial charge is 0.346 e. The molecular formula is C24H17NO8. The first-order chi connectivity index (χ1) is 15.9. The highest BCUT2D eigenvalue weighted by atomic mass is 16.6. The van der Waals surface area contributed by atoms with Gasteiger partial charge < -0.3 is 9.47 Å². The molecule has 0 saturated carbocycles. The van der Waals surface area contributed by atoms with Crippen LogP contribution in [0, 0.1) is 10.1 Å². The highest BCUT2D eigenvalue weighted by molar-refractivity contribution is 6.08.